The molecule has 4 nitrogen and oxygen atoms in total. The van der Waals surface area contributed by atoms with Gasteiger partial charge in [0.25, 0.3) is 0 Å². The highest BCUT2D eigenvalue weighted by atomic mass is 16.2. The average Bonchev–Trinajstić information content (AvgIpc) is 2.90. The molecule has 1 saturated heterocycles. The molecule has 1 aromatic heterocycles. The molecular formula is C14H21N3O. The fourth-order valence-electron chi connectivity index (χ4n) is 2.27. The van der Waals surface area contributed by atoms with E-state index in [1.807, 2.05) is 24.1 Å². The molecule has 0 radical (unpaired) electrons. The van der Waals surface area contributed by atoms with E-state index in [0.717, 1.165) is 25.9 Å². The van der Waals surface area contributed by atoms with Crippen LogP contribution in [0.1, 0.15) is 24.8 Å². The van der Waals surface area contributed by atoms with E-state index in [9.17, 15) is 4.79 Å². The van der Waals surface area contributed by atoms with Gasteiger partial charge in [-0.2, -0.15) is 0 Å². The summed E-state index contributed by atoms with van der Waals surface area (Å²) in [6.07, 6.45) is 7.43. The number of carbonyl (C=O) groups excluding carboxylic acids is 1. The number of pyridine rings is 1. The Balaban J connectivity index is 1.73. The van der Waals surface area contributed by atoms with Gasteiger partial charge in [0, 0.05) is 38.4 Å². The monoisotopic (exact) mass is 247 g/mol. The second-order valence-electron chi connectivity index (χ2n) is 4.92. The Morgan fingerprint density at radius 3 is 2.94 bits per heavy atom. The predicted octanol–water partition coefficient (Wildman–Crippen LogP) is 1.22. The second-order valence-corrected chi connectivity index (χ2v) is 4.92. The maximum Gasteiger partial charge on any atom is 0.223 e. The molecule has 2 heterocycles. The third kappa shape index (κ3) is 3.81. The molecule has 1 atom stereocenters. The van der Waals surface area contributed by atoms with Crippen molar-refractivity contribution in [2.75, 3.05) is 20.1 Å². The van der Waals surface area contributed by atoms with Crippen molar-refractivity contribution in [1.29, 1.82) is 0 Å². The van der Waals surface area contributed by atoms with Crippen LogP contribution in [0.25, 0.3) is 0 Å². The quantitative estimate of drug-likeness (QED) is 0.851. The van der Waals surface area contributed by atoms with Crippen molar-refractivity contribution in [3.63, 3.8) is 0 Å². The molecule has 1 amide bonds. The van der Waals surface area contributed by atoms with Gasteiger partial charge in [0.1, 0.15) is 0 Å². The van der Waals surface area contributed by atoms with Gasteiger partial charge in [-0.1, -0.05) is 0 Å². The minimum Gasteiger partial charge on any atom is -0.345 e. The van der Waals surface area contributed by atoms with Gasteiger partial charge in [0.2, 0.25) is 5.91 Å². The maximum absolute atomic E-state index is 12.0. The lowest BCUT2D eigenvalue weighted by atomic mass is 10.1. The summed E-state index contributed by atoms with van der Waals surface area (Å²) in [5.74, 6) is 0.239. The second kappa shape index (κ2) is 6.50. The normalized spacial score (nSPS) is 18.8. The minimum absolute atomic E-state index is 0.239. The van der Waals surface area contributed by atoms with Gasteiger partial charge >= 0.3 is 0 Å². The molecule has 1 fully saturated rings. The lowest BCUT2D eigenvalue weighted by molar-refractivity contribution is -0.130. The van der Waals surface area contributed by atoms with Crippen molar-refractivity contribution in [3.05, 3.63) is 30.1 Å². The first-order valence-corrected chi connectivity index (χ1v) is 6.62. The first kappa shape index (κ1) is 13.0. The maximum atomic E-state index is 12.0. The summed E-state index contributed by atoms with van der Waals surface area (Å²) >= 11 is 0. The van der Waals surface area contributed by atoms with E-state index in [1.165, 1.54) is 12.0 Å². The van der Waals surface area contributed by atoms with Gasteiger partial charge in [-0.3, -0.25) is 9.78 Å². The van der Waals surface area contributed by atoms with Gasteiger partial charge in [-0.15, -0.1) is 0 Å². The van der Waals surface area contributed by atoms with Crippen molar-refractivity contribution in [1.82, 2.24) is 15.2 Å². The van der Waals surface area contributed by atoms with Crippen LogP contribution >= 0.6 is 0 Å². The Hall–Kier alpha value is -1.42. The number of rotatable bonds is 5. The Morgan fingerprint density at radius 2 is 2.28 bits per heavy atom. The molecule has 0 spiro atoms. The zero-order valence-electron chi connectivity index (χ0n) is 10.9. The van der Waals surface area contributed by atoms with Gasteiger partial charge in [0.05, 0.1) is 0 Å². The molecule has 0 saturated carbocycles. The third-order valence-corrected chi connectivity index (χ3v) is 3.49. The summed E-state index contributed by atoms with van der Waals surface area (Å²) < 4.78 is 0. The zero-order valence-corrected chi connectivity index (χ0v) is 10.9. The topological polar surface area (TPSA) is 45.2 Å². The highest BCUT2D eigenvalue weighted by Crippen LogP contribution is 2.10. The van der Waals surface area contributed by atoms with Crippen LogP contribution in [0.3, 0.4) is 0 Å². The largest absolute Gasteiger partial charge is 0.345 e. The SMILES string of the molecule is CN(CCc1ccncc1)C(=O)CC1CCCN1. The van der Waals surface area contributed by atoms with Crippen LogP contribution in [0.5, 0.6) is 0 Å². The Labute approximate surface area is 108 Å². The number of likely N-dealkylation sites (N-methyl/N-ethyl adjacent to an activating group) is 1. The van der Waals surface area contributed by atoms with Crippen molar-refractivity contribution in [2.24, 2.45) is 0 Å². The molecule has 1 aromatic rings. The number of nitrogens with zero attached hydrogens (tertiary/aromatic N) is 2. The van der Waals surface area contributed by atoms with E-state index in [4.69, 9.17) is 0 Å². The third-order valence-electron chi connectivity index (χ3n) is 3.49. The predicted molar refractivity (Wildman–Crippen MR) is 71.2 cm³/mol. The molecule has 0 aliphatic carbocycles. The van der Waals surface area contributed by atoms with Crippen molar-refractivity contribution in [3.8, 4) is 0 Å². The van der Waals surface area contributed by atoms with Crippen LogP contribution in [-0.4, -0.2) is 42.0 Å². The van der Waals surface area contributed by atoms with E-state index in [1.54, 1.807) is 12.4 Å². The Bertz CT molecular complexity index is 374. The lowest BCUT2D eigenvalue weighted by Gasteiger charge is -2.19. The summed E-state index contributed by atoms with van der Waals surface area (Å²) in [5, 5.41) is 3.36. The van der Waals surface area contributed by atoms with Gasteiger partial charge in [-0.05, 0) is 43.5 Å². The van der Waals surface area contributed by atoms with E-state index in [-0.39, 0.29) is 5.91 Å². The number of carbonyl (C=O) groups is 1. The molecule has 98 valence electrons. The molecule has 2 rings (SSSR count). The smallest absolute Gasteiger partial charge is 0.223 e. The highest BCUT2D eigenvalue weighted by molar-refractivity contribution is 5.76. The number of aromatic nitrogens is 1. The first-order chi connectivity index (χ1) is 8.75. The van der Waals surface area contributed by atoms with Crippen LogP contribution in [0.4, 0.5) is 0 Å². The van der Waals surface area contributed by atoms with Crippen LogP contribution in [-0.2, 0) is 11.2 Å². The fourth-order valence-corrected chi connectivity index (χ4v) is 2.27. The van der Waals surface area contributed by atoms with Crippen LogP contribution in [0, 0.1) is 0 Å². The van der Waals surface area contributed by atoms with Gasteiger partial charge in [-0.25, -0.2) is 0 Å². The van der Waals surface area contributed by atoms with Crippen LogP contribution in [0.2, 0.25) is 0 Å². The van der Waals surface area contributed by atoms with E-state index < -0.39 is 0 Å². The van der Waals surface area contributed by atoms with Gasteiger partial charge < -0.3 is 10.2 Å². The molecule has 4 heteroatoms. The summed E-state index contributed by atoms with van der Waals surface area (Å²) in [6, 6.07) is 4.38. The summed E-state index contributed by atoms with van der Waals surface area (Å²) in [6.45, 7) is 1.83. The molecule has 1 N–H and O–H groups in total. The van der Waals surface area contributed by atoms with Crippen molar-refractivity contribution >= 4 is 5.91 Å². The van der Waals surface area contributed by atoms with E-state index >= 15 is 0 Å². The molecule has 1 unspecified atom stereocenters. The fraction of sp³-hybridized carbons (Fsp3) is 0.571. The Kier molecular flexibility index (Phi) is 4.70. The lowest BCUT2D eigenvalue weighted by Crippen LogP contribution is -2.34. The average molecular weight is 247 g/mol. The first-order valence-electron chi connectivity index (χ1n) is 6.62. The van der Waals surface area contributed by atoms with Crippen LogP contribution in [0.15, 0.2) is 24.5 Å². The Morgan fingerprint density at radius 1 is 1.50 bits per heavy atom. The minimum atomic E-state index is 0.239. The number of hydrogen-bond donors (Lipinski definition) is 1. The number of nitrogens with one attached hydrogen (secondary N) is 1. The van der Waals surface area contributed by atoms with Gasteiger partial charge in [0.15, 0.2) is 0 Å². The molecule has 18 heavy (non-hydrogen) atoms. The van der Waals surface area contributed by atoms with Crippen molar-refractivity contribution < 1.29 is 4.79 Å². The van der Waals surface area contributed by atoms with E-state index in [0.29, 0.717) is 12.5 Å². The molecule has 0 aromatic carbocycles. The standard InChI is InChI=1S/C14H21N3O/c1-17(10-6-12-4-8-15-9-5-12)14(18)11-13-3-2-7-16-13/h4-5,8-9,13,16H,2-3,6-7,10-11H2,1H3. The molecular weight excluding hydrogens is 226 g/mol. The number of amides is 1. The summed E-state index contributed by atoms with van der Waals surface area (Å²) in [5.41, 5.74) is 1.23. The van der Waals surface area contributed by atoms with E-state index in [2.05, 4.69) is 10.3 Å². The summed E-state index contributed by atoms with van der Waals surface area (Å²) in [7, 11) is 1.89. The summed E-state index contributed by atoms with van der Waals surface area (Å²) in [4.78, 5) is 17.8. The van der Waals surface area contributed by atoms with Crippen LogP contribution < -0.4 is 5.32 Å². The molecule has 0 bridgehead atoms. The zero-order chi connectivity index (χ0) is 12.8. The molecule has 1 aliphatic heterocycles. The number of hydrogen-bond acceptors (Lipinski definition) is 3. The highest BCUT2D eigenvalue weighted by Gasteiger charge is 2.19. The molecule has 1 aliphatic rings. The van der Waals surface area contributed by atoms with Crippen molar-refractivity contribution in [2.45, 2.75) is 31.7 Å².